The predicted octanol–water partition coefficient (Wildman–Crippen LogP) is 2.46. The number of piperazine rings is 1. The first-order valence-corrected chi connectivity index (χ1v) is 10.7. The third-order valence-electron chi connectivity index (χ3n) is 6.02. The molecule has 0 unspecified atom stereocenters. The van der Waals surface area contributed by atoms with Crippen molar-refractivity contribution in [1.82, 2.24) is 14.4 Å². The summed E-state index contributed by atoms with van der Waals surface area (Å²) in [7, 11) is 0. The maximum atomic E-state index is 12.9. The summed E-state index contributed by atoms with van der Waals surface area (Å²) in [5.41, 5.74) is 2.81. The van der Waals surface area contributed by atoms with Crippen molar-refractivity contribution in [3.63, 3.8) is 0 Å². The van der Waals surface area contributed by atoms with Gasteiger partial charge in [-0.25, -0.2) is 0 Å². The van der Waals surface area contributed by atoms with Crippen molar-refractivity contribution in [1.29, 1.82) is 0 Å². The van der Waals surface area contributed by atoms with E-state index in [0.717, 1.165) is 17.0 Å². The average Bonchev–Trinajstić information content (AvgIpc) is 3.07. The molecule has 2 aromatic rings. The second kappa shape index (κ2) is 8.98. The molecule has 0 saturated carbocycles. The molecular formula is C24H29N3O4. The maximum Gasteiger partial charge on any atom is 0.267 e. The number of Topliss-reactive ketones (excluding diaryl/α,β-unsaturated/α-hetero) is 1. The molecule has 1 amide bonds. The van der Waals surface area contributed by atoms with Crippen molar-refractivity contribution < 1.29 is 19.1 Å². The maximum absolute atomic E-state index is 12.9. The summed E-state index contributed by atoms with van der Waals surface area (Å²) in [6.45, 7) is 11.5. The van der Waals surface area contributed by atoms with E-state index in [1.165, 1.54) is 0 Å². The van der Waals surface area contributed by atoms with Gasteiger partial charge in [0.15, 0.2) is 17.3 Å². The fourth-order valence-corrected chi connectivity index (χ4v) is 4.25. The number of ketones is 1. The van der Waals surface area contributed by atoms with Crippen LogP contribution in [0.4, 0.5) is 0 Å². The highest BCUT2D eigenvalue weighted by Gasteiger charge is 2.33. The largest absolute Gasteiger partial charge is 0.485 e. The Morgan fingerprint density at radius 3 is 2.55 bits per heavy atom. The summed E-state index contributed by atoms with van der Waals surface area (Å²) in [5.74, 6) is 1.32. The lowest BCUT2D eigenvalue weighted by molar-refractivity contribution is -0.142. The predicted molar refractivity (Wildman–Crippen MR) is 118 cm³/mol. The van der Waals surface area contributed by atoms with Gasteiger partial charge in [-0.2, -0.15) is 0 Å². The number of amides is 1. The van der Waals surface area contributed by atoms with E-state index in [0.29, 0.717) is 50.8 Å². The van der Waals surface area contributed by atoms with Crippen LogP contribution >= 0.6 is 0 Å². The van der Waals surface area contributed by atoms with Gasteiger partial charge < -0.3 is 18.9 Å². The van der Waals surface area contributed by atoms with Crippen LogP contribution < -0.4 is 9.47 Å². The zero-order valence-electron chi connectivity index (χ0n) is 18.2. The molecule has 2 aliphatic rings. The molecule has 31 heavy (non-hydrogen) atoms. The number of aryl methyl sites for hydroxylation is 1. The summed E-state index contributed by atoms with van der Waals surface area (Å²) >= 11 is 0. The Bertz CT molecular complexity index is 989. The van der Waals surface area contributed by atoms with Crippen LogP contribution in [0.5, 0.6) is 11.5 Å². The van der Waals surface area contributed by atoms with E-state index in [1.807, 2.05) is 50.3 Å². The molecule has 1 fully saturated rings. The van der Waals surface area contributed by atoms with Gasteiger partial charge in [0.1, 0.15) is 6.61 Å². The van der Waals surface area contributed by atoms with Crippen LogP contribution in [0.2, 0.25) is 0 Å². The van der Waals surface area contributed by atoms with Gasteiger partial charge in [-0.05, 0) is 32.0 Å². The number of hydrogen-bond donors (Lipinski definition) is 0. The smallest absolute Gasteiger partial charge is 0.267 e. The molecule has 4 rings (SSSR count). The van der Waals surface area contributed by atoms with E-state index in [1.54, 1.807) is 4.90 Å². The van der Waals surface area contributed by atoms with Gasteiger partial charge in [0.25, 0.3) is 5.91 Å². The quantitative estimate of drug-likeness (QED) is 0.528. The standard InChI is InChI=1S/C24H29N3O4/c1-4-9-27-17(2)14-19(18(27)3)20(28)15-25-10-12-26(13-11-25)24(29)23-16-30-21-7-5-6-8-22(21)31-23/h4-8,14,23H,1,9-13,15-16H2,2-3H3/t23-/m0/s1. The zero-order chi connectivity index (χ0) is 22.0. The highest BCUT2D eigenvalue weighted by Crippen LogP contribution is 2.31. The number of nitrogens with zero attached hydrogens (tertiary/aromatic N) is 3. The van der Waals surface area contributed by atoms with Crippen molar-refractivity contribution in [3.8, 4) is 11.5 Å². The summed E-state index contributed by atoms with van der Waals surface area (Å²) in [4.78, 5) is 29.7. The molecule has 2 aliphatic heterocycles. The van der Waals surface area contributed by atoms with Crippen LogP contribution in [0, 0.1) is 13.8 Å². The molecule has 0 bridgehead atoms. The van der Waals surface area contributed by atoms with Gasteiger partial charge >= 0.3 is 0 Å². The van der Waals surface area contributed by atoms with Gasteiger partial charge in [0.05, 0.1) is 6.54 Å². The fraction of sp³-hybridized carbons (Fsp3) is 0.417. The number of rotatable bonds is 6. The first-order valence-electron chi connectivity index (χ1n) is 10.7. The molecule has 3 heterocycles. The van der Waals surface area contributed by atoms with Gasteiger partial charge in [-0.1, -0.05) is 18.2 Å². The molecule has 0 radical (unpaired) electrons. The van der Waals surface area contributed by atoms with Crippen LogP contribution in [-0.4, -0.2) is 71.5 Å². The Morgan fingerprint density at radius 2 is 1.84 bits per heavy atom. The van der Waals surface area contributed by atoms with Crippen molar-refractivity contribution in [2.45, 2.75) is 26.5 Å². The van der Waals surface area contributed by atoms with Gasteiger partial charge in [0, 0.05) is 49.7 Å². The van der Waals surface area contributed by atoms with E-state index < -0.39 is 6.10 Å². The minimum atomic E-state index is -0.627. The molecule has 0 spiro atoms. The number of aromatic nitrogens is 1. The summed E-state index contributed by atoms with van der Waals surface area (Å²) in [5, 5.41) is 0. The number of ether oxygens (including phenoxy) is 2. The van der Waals surface area contributed by atoms with Crippen LogP contribution in [0.25, 0.3) is 0 Å². The Labute approximate surface area is 182 Å². The minimum Gasteiger partial charge on any atom is -0.485 e. The fourth-order valence-electron chi connectivity index (χ4n) is 4.25. The molecule has 0 N–H and O–H groups in total. The Kier molecular flexibility index (Phi) is 6.13. The number of benzene rings is 1. The summed E-state index contributed by atoms with van der Waals surface area (Å²) in [6, 6.07) is 9.34. The van der Waals surface area contributed by atoms with Gasteiger partial charge in [-0.3, -0.25) is 14.5 Å². The molecule has 1 aromatic carbocycles. The second-order valence-corrected chi connectivity index (χ2v) is 8.07. The summed E-state index contributed by atoms with van der Waals surface area (Å²) < 4.78 is 13.6. The number of carbonyl (C=O) groups excluding carboxylic acids is 2. The number of para-hydroxylation sites is 2. The van der Waals surface area contributed by atoms with Crippen LogP contribution in [0.3, 0.4) is 0 Å². The number of fused-ring (bicyclic) bond motifs is 1. The molecule has 7 nitrogen and oxygen atoms in total. The average molecular weight is 424 g/mol. The van der Waals surface area contributed by atoms with Crippen molar-refractivity contribution in [3.05, 3.63) is 59.9 Å². The summed E-state index contributed by atoms with van der Waals surface area (Å²) in [6.07, 6.45) is 1.21. The highest BCUT2D eigenvalue weighted by atomic mass is 16.6. The highest BCUT2D eigenvalue weighted by molar-refractivity contribution is 5.99. The monoisotopic (exact) mass is 423 g/mol. The number of carbonyl (C=O) groups is 2. The lowest BCUT2D eigenvalue weighted by Gasteiger charge is -2.36. The van der Waals surface area contributed by atoms with Gasteiger partial charge in [0.2, 0.25) is 6.10 Å². The van der Waals surface area contributed by atoms with Crippen LogP contribution in [-0.2, 0) is 11.3 Å². The number of hydrogen-bond acceptors (Lipinski definition) is 5. The first kappa shape index (κ1) is 21.2. The van der Waals surface area contributed by atoms with Crippen molar-refractivity contribution in [2.24, 2.45) is 0 Å². The van der Waals surface area contributed by atoms with Crippen LogP contribution in [0.15, 0.2) is 43.0 Å². The van der Waals surface area contributed by atoms with Crippen LogP contribution in [0.1, 0.15) is 21.7 Å². The third kappa shape index (κ3) is 4.37. The van der Waals surface area contributed by atoms with E-state index in [2.05, 4.69) is 16.0 Å². The Balaban J connectivity index is 1.31. The molecule has 1 aromatic heterocycles. The minimum absolute atomic E-state index is 0.0616. The first-order chi connectivity index (χ1) is 15.0. The molecule has 164 valence electrons. The molecule has 7 heteroatoms. The second-order valence-electron chi connectivity index (χ2n) is 8.07. The van der Waals surface area contributed by atoms with E-state index in [-0.39, 0.29) is 18.3 Å². The van der Waals surface area contributed by atoms with E-state index in [9.17, 15) is 9.59 Å². The molecule has 0 aliphatic carbocycles. The molecular weight excluding hydrogens is 394 g/mol. The van der Waals surface area contributed by atoms with E-state index >= 15 is 0 Å². The normalized spacial score (nSPS) is 18.6. The third-order valence-corrected chi connectivity index (χ3v) is 6.02. The lowest BCUT2D eigenvalue weighted by atomic mass is 10.1. The topological polar surface area (TPSA) is 64.0 Å². The zero-order valence-corrected chi connectivity index (χ0v) is 18.2. The Morgan fingerprint density at radius 1 is 1.13 bits per heavy atom. The molecule has 1 saturated heterocycles. The Hall–Kier alpha value is -3.06. The molecule has 1 atom stereocenters. The SMILES string of the molecule is C=CCn1c(C)cc(C(=O)CN2CCN(C(=O)[C@@H]3COc4ccccc4O3)CC2)c1C. The van der Waals surface area contributed by atoms with E-state index in [4.69, 9.17) is 9.47 Å². The van der Waals surface area contributed by atoms with Crippen molar-refractivity contribution >= 4 is 11.7 Å². The van der Waals surface area contributed by atoms with Gasteiger partial charge in [-0.15, -0.1) is 6.58 Å². The number of allylic oxidation sites excluding steroid dienone is 1. The van der Waals surface area contributed by atoms with Crippen molar-refractivity contribution in [2.75, 3.05) is 39.3 Å². The lowest BCUT2D eigenvalue weighted by Crippen LogP contribution is -2.54.